The monoisotopic (exact) mass is 497 g/mol. The third-order valence-electron chi connectivity index (χ3n) is 8.00. The molecule has 8 heteroatoms. The number of hydrogen-bond donors (Lipinski definition) is 1. The Morgan fingerprint density at radius 3 is 2.78 bits per heavy atom. The molecule has 0 amide bonds. The molecule has 2 atom stereocenters. The smallest absolute Gasteiger partial charge is 0.294 e. The summed E-state index contributed by atoms with van der Waals surface area (Å²) >= 11 is 0. The van der Waals surface area contributed by atoms with E-state index in [1.54, 1.807) is 6.20 Å². The van der Waals surface area contributed by atoms with Crippen molar-refractivity contribution in [2.24, 2.45) is 5.92 Å². The Labute approximate surface area is 213 Å². The topological polar surface area (TPSA) is 99.7 Å². The van der Waals surface area contributed by atoms with E-state index in [0.29, 0.717) is 18.1 Å². The molecule has 0 spiro atoms. The van der Waals surface area contributed by atoms with Crippen LogP contribution in [0.4, 0.5) is 0 Å². The number of hydrogen-bond acceptors (Lipinski definition) is 6. The Balaban J connectivity index is 1.47. The number of phenolic OH excluding ortho intramolecular Hbond substituents is 1. The summed E-state index contributed by atoms with van der Waals surface area (Å²) in [5, 5.41) is 20.8. The fourth-order valence-electron chi connectivity index (χ4n) is 5.91. The van der Waals surface area contributed by atoms with E-state index in [1.165, 1.54) is 5.57 Å². The second-order valence-electron chi connectivity index (χ2n) is 11.5. The van der Waals surface area contributed by atoms with Gasteiger partial charge in [0.2, 0.25) is 0 Å². The van der Waals surface area contributed by atoms with Gasteiger partial charge in [-0.25, -0.2) is 4.98 Å². The number of allylic oxidation sites excluding steroid dienone is 2. The molecule has 1 N–H and O–H groups in total. The molecule has 4 rings (SSSR count). The number of unbranched alkanes of at least 4 members (excludes halogenated alkanes) is 3. The third-order valence-corrected chi connectivity index (χ3v) is 8.00. The van der Waals surface area contributed by atoms with Crippen molar-refractivity contribution < 1.29 is 19.8 Å². The van der Waals surface area contributed by atoms with Crippen LogP contribution >= 0.6 is 0 Å². The van der Waals surface area contributed by atoms with Crippen LogP contribution in [0.2, 0.25) is 0 Å². The molecule has 0 unspecified atom stereocenters. The number of rotatable bonds is 11. The number of aromatic hydroxyl groups is 1. The molecule has 1 aromatic heterocycles. The van der Waals surface area contributed by atoms with E-state index in [2.05, 4.69) is 54.2 Å². The molecule has 8 nitrogen and oxygen atoms in total. The van der Waals surface area contributed by atoms with Crippen LogP contribution in [-0.2, 0) is 16.8 Å². The van der Waals surface area contributed by atoms with Crippen molar-refractivity contribution in [3.05, 3.63) is 63.7 Å². The van der Waals surface area contributed by atoms with E-state index >= 15 is 0 Å². The van der Waals surface area contributed by atoms with Gasteiger partial charge in [0.05, 0.1) is 12.9 Å². The van der Waals surface area contributed by atoms with E-state index in [4.69, 9.17) is 4.74 Å². The first-order valence-corrected chi connectivity index (χ1v) is 13.0. The minimum Gasteiger partial charge on any atom is -0.508 e. The van der Waals surface area contributed by atoms with E-state index < -0.39 is 5.09 Å². The number of nitrogens with zero attached hydrogens (tertiary/aromatic N) is 3. The lowest BCUT2D eigenvalue weighted by Gasteiger charge is -2.47. The van der Waals surface area contributed by atoms with Gasteiger partial charge in [0.1, 0.15) is 17.1 Å². The maximum Gasteiger partial charge on any atom is 0.294 e. The fraction of sp³-hybridized carbons (Fsp3) is 0.607. The number of fused-ring (bicyclic) bond motifs is 3. The van der Waals surface area contributed by atoms with Crippen LogP contribution in [0.5, 0.6) is 11.5 Å². The largest absolute Gasteiger partial charge is 0.508 e. The number of phenols is 1. The highest BCUT2D eigenvalue weighted by molar-refractivity contribution is 5.54. The Hall–Kier alpha value is -3.03. The van der Waals surface area contributed by atoms with Crippen LogP contribution in [0.25, 0.3) is 0 Å². The van der Waals surface area contributed by atoms with Gasteiger partial charge in [-0.05, 0) is 62.6 Å². The van der Waals surface area contributed by atoms with Gasteiger partial charge in [0.25, 0.3) is 5.09 Å². The second kappa shape index (κ2) is 10.5. The van der Waals surface area contributed by atoms with Crippen LogP contribution < -0.4 is 4.74 Å². The predicted octanol–water partition coefficient (Wildman–Crippen LogP) is 6.32. The Morgan fingerprint density at radius 2 is 2.06 bits per heavy atom. The molecule has 2 aliphatic rings. The molecule has 0 radical (unpaired) electrons. The van der Waals surface area contributed by atoms with Crippen molar-refractivity contribution in [3.63, 3.8) is 0 Å². The van der Waals surface area contributed by atoms with Crippen molar-refractivity contribution in [3.8, 4) is 11.5 Å². The van der Waals surface area contributed by atoms with Crippen molar-refractivity contribution in [2.75, 3.05) is 6.61 Å². The highest BCUT2D eigenvalue weighted by Crippen LogP contribution is 2.55. The highest BCUT2D eigenvalue weighted by Gasteiger charge is 2.46. The average molecular weight is 498 g/mol. The van der Waals surface area contributed by atoms with Crippen molar-refractivity contribution >= 4 is 0 Å². The molecule has 0 saturated carbocycles. The molecule has 196 valence electrons. The van der Waals surface area contributed by atoms with Gasteiger partial charge in [-0.3, -0.25) is 0 Å². The molecule has 1 aromatic carbocycles. The van der Waals surface area contributed by atoms with Gasteiger partial charge < -0.3 is 19.2 Å². The molecule has 2 heterocycles. The first-order valence-electron chi connectivity index (χ1n) is 13.0. The van der Waals surface area contributed by atoms with E-state index in [-0.39, 0.29) is 23.5 Å². The first kappa shape index (κ1) is 26.0. The molecule has 2 aromatic rings. The zero-order valence-electron chi connectivity index (χ0n) is 21.9. The molecule has 0 fully saturated rings. The summed E-state index contributed by atoms with van der Waals surface area (Å²) in [5.74, 6) is 1.67. The quantitative estimate of drug-likeness (QED) is 0.169. The molecule has 36 heavy (non-hydrogen) atoms. The summed E-state index contributed by atoms with van der Waals surface area (Å²) in [5.41, 5.74) is 2.93. The molecule has 1 aliphatic heterocycles. The van der Waals surface area contributed by atoms with Crippen LogP contribution in [0, 0.1) is 16.0 Å². The zero-order chi connectivity index (χ0) is 25.9. The lowest BCUT2D eigenvalue weighted by molar-refractivity contribution is -0.757. The minimum absolute atomic E-state index is 0.132. The lowest BCUT2D eigenvalue weighted by Crippen LogP contribution is -2.45. The van der Waals surface area contributed by atoms with Crippen LogP contribution in [0.3, 0.4) is 0 Å². The molecule has 0 bridgehead atoms. The number of ether oxygens (including phenoxy) is 1. The number of benzene rings is 1. The molecule has 1 aliphatic carbocycles. The molecule has 0 saturated heterocycles. The van der Waals surface area contributed by atoms with Gasteiger partial charge in [-0.15, -0.1) is 10.1 Å². The van der Waals surface area contributed by atoms with Gasteiger partial charge in [-0.1, -0.05) is 44.8 Å². The summed E-state index contributed by atoms with van der Waals surface area (Å²) in [6.45, 7) is 9.72. The maximum absolute atomic E-state index is 11.3. The maximum atomic E-state index is 11.3. The fourth-order valence-corrected chi connectivity index (χ4v) is 5.91. The van der Waals surface area contributed by atoms with Crippen LogP contribution in [0.1, 0.15) is 89.7 Å². The molecular formula is C28H39N3O5. The van der Waals surface area contributed by atoms with Crippen molar-refractivity contribution in [1.82, 2.24) is 9.55 Å². The normalized spacial score (nSPS) is 20.6. The minimum atomic E-state index is -0.735. The SMILES string of the molecule is CC(C)(CCCCCCO[N+](=O)[O-])c1cc(O)c2c(c1)OC(C)(C)[C@@H]1CC=C(Cn3ccnc3)C[C@@H]21. The zero-order valence-corrected chi connectivity index (χ0v) is 21.9. The van der Waals surface area contributed by atoms with E-state index in [1.807, 2.05) is 18.6 Å². The summed E-state index contributed by atoms with van der Waals surface area (Å²) < 4.78 is 8.66. The van der Waals surface area contributed by atoms with Gasteiger partial charge in [-0.2, -0.15) is 0 Å². The Kier molecular flexibility index (Phi) is 7.62. The van der Waals surface area contributed by atoms with Crippen LogP contribution in [-0.4, -0.2) is 32.0 Å². The van der Waals surface area contributed by atoms with Crippen molar-refractivity contribution in [1.29, 1.82) is 0 Å². The standard InChI is InChI=1S/C28H39N3O5/c1-27(2,11-7-5-6-8-14-35-31(33)34)21-16-24(32)26-22-15-20(18-30-13-12-29-19-30)9-10-23(22)28(3,4)36-25(26)17-21/h9,12-13,16-17,19,22-23,32H,5-8,10-11,14-15,18H2,1-4H3/t22-,23-/m1/s1. The second-order valence-corrected chi connectivity index (χ2v) is 11.5. The summed E-state index contributed by atoms with van der Waals surface area (Å²) in [4.78, 5) is 18.8. The summed E-state index contributed by atoms with van der Waals surface area (Å²) in [6, 6.07) is 4.09. The third kappa shape index (κ3) is 5.85. The highest BCUT2D eigenvalue weighted by atomic mass is 16.9. The predicted molar refractivity (Wildman–Crippen MR) is 138 cm³/mol. The Bertz CT molecular complexity index is 1090. The average Bonchev–Trinajstić information content (AvgIpc) is 3.30. The van der Waals surface area contributed by atoms with Gasteiger partial charge >= 0.3 is 0 Å². The Morgan fingerprint density at radius 1 is 1.28 bits per heavy atom. The van der Waals surface area contributed by atoms with Gasteiger partial charge in [0.15, 0.2) is 0 Å². The number of aromatic nitrogens is 2. The van der Waals surface area contributed by atoms with E-state index in [0.717, 1.165) is 61.9 Å². The summed E-state index contributed by atoms with van der Waals surface area (Å²) in [6.07, 6.45) is 14.3. The van der Waals surface area contributed by atoms with Crippen LogP contribution in [0.15, 0.2) is 42.5 Å². The van der Waals surface area contributed by atoms with E-state index in [9.17, 15) is 15.2 Å². The van der Waals surface area contributed by atoms with Crippen molar-refractivity contribution in [2.45, 2.75) is 96.1 Å². The lowest BCUT2D eigenvalue weighted by atomic mass is 9.66. The molecular weight excluding hydrogens is 458 g/mol. The number of imidazole rings is 1. The first-order chi connectivity index (χ1) is 17.1. The van der Waals surface area contributed by atoms with Gasteiger partial charge in [0, 0.05) is 36.3 Å². The summed E-state index contributed by atoms with van der Waals surface area (Å²) in [7, 11) is 0.